The van der Waals surface area contributed by atoms with E-state index in [4.69, 9.17) is 4.74 Å². The van der Waals surface area contributed by atoms with Gasteiger partial charge in [-0.1, -0.05) is 29.8 Å². The number of piperidine rings is 1. The number of hydrogen-bond acceptors (Lipinski definition) is 3. The highest BCUT2D eigenvalue weighted by Gasteiger charge is 2.19. The van der Waals surface area contributed by atoms with Crippen molar-refractivity contribution in [2.75, 3.05) is 46.4 Å². The van der Waals surface area contributed by atoms with Gasteiger partial charge in [-0.25, -0.2) is 0 Å². The van der Waals surface area contributed by atoms with Gasteiger partial charge >= 0.3 is 0 Å². The van der Waals surface area contributed by atoms with Crippen molar-refractivity contribution in [2.24, 2.45) is 10.9 Å². The van der Waals surface area contributed by atoms with Gasteiger partial charge in [0.05, 0.1) is 0 Å². The number of hydrogen-bond donors (Lipinski definition) is 2. The van der Waals surface area contributed by atoms with E-state index < -0.39 is 0 Å². The summed E-state index contributed by atoms with van der Waals surface area (Å²) in [4.78, 5) is 6.88. The third-order valence-corrected chi connectivity index (χ3v) is 4.98. The molecule has 6 heteroatoms. The first-order valence-electron chi connectivity index (χ1n) is 10.0. The minimum atomic E-state index is 0. The second-order valence-electron chi connectivity index (χ2n) is 7.14. The lowest BCUT2D eigenvalue weighted by atomic mass is 9.96. The second-order valence-corrected chi connectivity index (χ2v) is 7.14. The Morgan fingerprint density at radius 1 is 1.19 bits per heavy atom. The minimum absolute atomic E-state index is 0. The Morgan fingerprint density at radius 3 is 2.52 bits per heavy atom. The molecule has 0 saturated carbocycles. The van der Waals surface area contributed by atoms with Crippen molar-refractivity contribution in [2.45, 2.75) is 39.7 Å². The predicted octanol–water partition coefficient (Wildman–Crippen LogP) is 3.42. The molecule has 154 valence electrons. The van der Waals surface area contributed by atoms with Gasteiger partial charge in [-0.2, -0.15) is 0 Å². The molecule has 1 fully saturated rings. The van der Waals surface area contributed by atoms with Gasteiger partial charge in [0.15, 0.2) is 5.96 Å². The molecule has 1 aliphatic rings. The lowest BCUT2D eigenvalue weighted by Gasteiger charge is -2.32. The van der Waals surface area contributed by atoms with Gasteiger partial charge in [-0.05, 0) is 57.7 Å². The smallest absolute Gasteiger partial charge is 0.190 e. The Labute approximate surface area is 182 Å². The molecule has 0 spiro atoms. The molecule has 2 N–H and O–H groups in total. The summed E-state index contributed by atoms with van der Waals surface area (Å²) in [6.07, 6.45) is 3.51. The summed E-state index contributed by atoms with van der Waals surface area (Å²) in [5.41, 5.74) is 2.75. The maximum Gasteiger partial charge on any atom is 0.190 e. The Bertz CT molecular complexity index is 527. The van der Waals surface area contributed by atoms with Crippen LogP contribution in [0.5, 0.6) is 0 Å². The van der Waals surface area contributed by atoms with E-state index in [0.717, 1.165) is 51.1 Å². The summed E-state index contributed by atoms with van der Waals surface area (Å²) in [6.45, 7) is 11.1. The van der Waals surface area contributed by atoms with Crippen molar-refractivity contribution < 1.29 is 4.74 Å². The van der Waals surface area contributed by atoms with E-state index in [1.165, 1.54) is 37.1 Å². The molecule has 1 aliphatic heterocycles. The van der Waals surface area contributed by atoms with E-state index in [2.05, 4.69) is 51.7 Å². The van der Waals surface area contributed by atoms with E-state index in [9.17, 15) is 0 Å². The number of aliphatic imine (C=N–C) groups is 1. The molecule has 1 saturated heterocycles. The van der Waals surface area contributed by atoms with Crippen molar-refractivity contribution in [1.82, 2.24) is 15.5 Å². The monoisotopic (exact) mass is 488 g/mol. The second kappa shape index (κ2) is 14.2. The first kappa shape index (κ1) is 24.2. The average molecular weight is 488 g/mol. The molecule has 27 heavy (non-hydrogen) atoms. The fraction of sp³-hybridized carbons (Fsp3) is 0.667. The van der Waals surface area contributed by atoms with Crippen LogP contribution in [0.3, 0.4) is 0 Å². The van der Waals surface area contributed by atoms with Crippen LogP contribution in [0, 0.1) is 12.8 Å². The number of nitrogens with one attached hydrogen (secondary N) is 2. The zero-order chi connectivity index (χ0) is 18.6. The van der Waals surface area contributed by atoms with Crippen LogP contribution in [0.4, 0.5) is 0 Å². The summed E-state index contributed by atoms with van der Waals surface area (Å²) < 4.78 is 5.36. The van der Waals surface area contributed by atoms with Crippen LogP contribution in [-0.2, 0) is 11.3 Å². The quantitative estimate of drug-likeness (QED) is 0.242. The van der Waals surface area contributed by atoms with E-state index in [1.54, 1.807) is 0 Å². The van der Waals surface area contributed by atoms with Crippen molar-refractivity contribution in [3.8, 4) is 0 Å². The average Bonchev–Trinajstić information content (AvgIpc) is 2.67. The van der Waals surface area contributed by atoms with Crippen molar-refractivity contribution >= 4 is 29.9 Å². The Morgan fingerprint density at radius 2 is 1.89 bits per heavy atom. The number of guanidine groups is 1. The molecular formula is C21H37IN4O. The summed E-state index contributed by atoms with van der Waals surface area (Å²) in [5.74, 6) is 1.63. The van der Waals surface area contributed by atoms with Gasteiger partial charge in [0.2, 0.25) is 0 Å². The lowest BCUT2D eigenvalue weighted by molar-refractivity contribution is 0.145. The zero-order valence-electron chi connectivity index (χ0n) is 17.2. The summed E-state index contributed by atoms with van der Waals surface area (Å²) in [7, 11) is 1.84. The van der Waals surface area contributed by atoms with Gasteiger partial charge in [0.25, 0.3) is 0 Å². The molecule has 1 aromatic rings. The molecule has 0 atom stereocenters. The van der Waals surface area contributed by atoms with Crippen LogP contribution in [0.25, 0.3) is 0 Å². The zero-order valence-corrected chi connectivity index (χ0v) is 19.5. The van der Waals surface area contributed by atoms with Crippen molar-refractivity contribution in [3.05, 3.63) is 35.4 Å². The molecule has 0 aromatic heterocycles. The fourth-order valence-corrected chi connectivity index (χ4v) is 3.29. The molecule has 0 unspecified atom stereocenters. The molecule has 1 heterocycles. The van der Waals surface area contributed by atoms with Crippen molar-refractivity contribution in [3.63, 3.8) is 0 Å². The molecule has 0 amide bonds. The van der Waals surface area contributed by atoms with Gasteiger partial charge in [-0.15, -0.1) is 24.0 Å². The number of aryl methyl sites for hydroxylation is 1. The third kappa shape index (κ3) is 9.76. The number of halogens is 1. The standard InChI is InChI=1S/C21H36N4O.HI/c1-4-26-15-5-12-23-21(22-3)24-16-19-10-13-25(14-11-19)17-20-8-6-18(2)7-9-20;/h6-9,19H,4-5,10-17H2,1-3H3,(H2,22,23,24);1H. The van der Waals surface area contributed by atoms with Crippen LogP contribution in [0.1, 0.15) is 37.3 Å². The van der Waals surface area contributed by atoms with E-state index in [1.807, 2.05) is 14.0 Å². The lowest BCUT2D eigenvalue weighted by Crippen LogP contribution is -2.43. The van der Waals surface area contributed by atoms with Crippen LogP contribution in [0.15, 0.2) is 29.3 Å². The van der Waals surface area contributed by atoms with Gasteiger partial charge < -0.3 is 15.4 Å². The molecule has 0 radical (unpaired) electrons. The highest BCUT2D eigenvalue weighted by atomic mass is 127. The predicted molar refractivity (Wildman–Crippen MR) is 125 cm³/mol. The molecular weight excluding hydrogens is 451 g/mol. The van der Waals surface area contributed by atoms with Gasteiger partial charge in [0, 0.05) is 39.9 Å². The summed E-state index contributed by atoms with van der Waals surface area (Å²) in [6, 6.07) is 8.92. The largest absolute Gasteiger partial charge is 0.382 e. The van der Waals surface area contributed by atoms with Crippen LogP contribution >= 0.6 is 24.0 Å². The number of benzene rings is 1. The Kier molecular flexibility index (Phi) is 12.7. The SMILES string of the molecule is CCOCCCNC(=NC)NCC1CCN(Cc2ccc(C)cc2)CC1.I. The normalized spacial score (nSPS) is 16.0. The number of ether oxygens (including phenoxy) is 1. The molecule has 5 nitrogen and oxygen atoms in total. The van der Waals surface area contributed by atoms with Gasteiger partial charge in [0.1, 0.15) is 0 Å². The highest BCUT2D eigenvalue weighted by Crippen LogP contribution is 2.18. The Hall–Kier alpha value is -0.860. The summed E-state index contributed by atoms with van der Waals surface area (Å²) in [5, 5.41) is 6.84. The van der Waals surface area contributed by atoms with E-state index in [-0.39, 0.29) is 24.0 Å². The third-order valence-electron chi connectivity index (χ3n) is 4.98. The Balaban J connectivity index is 0.00000364. The highest BCUT2D eigenvalue weighted by molar-refractivity contribution is 14.0. The minimum Gasteiger partial charge on any atom is -0.382 e. The topological polar surface area (TPSA) is 48.9 Å². The van der Waals surface area contributed by atoms with Gasteiger partial charge in [-0.3, -0.25) is 9.89 Å². The van der Waals surface area contributed by atoms with Crippen LogP contribution < -0.4 is 10.6 Å². The fourth-order valence-electron chi connectivity index (χ4n) is 3.29. The number of nitrogens with zero attached hydrogens (tertiary/aromatic N) is 2. The van der Waals surface area contributed by atoms with E-state index >= 15 is 0 Å². The van der Waals surface area contributed by atoms with Crippen LogP contribution in [-0.4, -0.2) is 57.3 Å². The maximum atomic E-state index is 5.36. The first-order valence-corrected chi connectivity index (χ1v) is 10.0. The van der Waals surface area contributed by atoms with Crippen LogP contribution in [0.2, 0.25) is 0 Å². The van der Waals surface area contributed by atoms with E-state index in [0.29, 0.717) is 0 Å². The molecule has 2 rings (SSSR count). The van der Waals surface area contributed by atoms with Crippen molar-refractivity contribution in [1.29, 1.82) is 0 Å². The number of likely N-dealkylation sites (tertiary alicyclic amines) is 1. The molecule has 0 aliphatic carbocycles. The molecule has 1 aromatic carbocycles. The maximum absolute atomic E-state index is 5.36. The summed E-state index contributed by atoms with van der Waals surface area (Å²) >= 11 is 0. The number of rotatable bonds is 9. The molecule has 0 bridgehead atoms. The first-order chi connectivity index (χ1) is 12.7.